The fourth-order valence-corrected chi connectivity index (χ4v) is 5.03. The molecule has 0 radical (unpaired) electrons. The van der Waals surface area contributed by atoms with Crippen LogP contribution >= 0.6 is 0 Å². The van der Waals surface area contributed by atoms with Crippen LogP contribution in [0, 0.1) is 5.92 Å². The first kappa shape index (κ1) is 22.7. The van der Waals surface area contributed by atoms with E-state index in [9.17, 15) is 18.7 Å². The van der Waals surface area contributed by atoms with Crippen LogP contribution in [0.2, 0.25) is 0 Å². The first-order valence-corrected chi connectivity index (χ1v) is 11.3. The zero-order chi connectivity index (χ0) is 22.8. The van der Waals surface area contributed by atoms with Crippen molar-refractivity contribution in [2.75, 3.05) is 18.8 Å². The third kappa shape index (κ3) is 4.94. The van der Waals surface area contributed by atoms with E-state index in [-0.39, 0.29) is 18.9 Å². The molecule has 4 N–H and O–H groups in total. The summed E-state index contributed by atoms with van der Waals surface area (Å²) in [4.78, 5) is 15.6. The van der Waals surface area contributed by atoms with Crippen LogP contribution in [0.1, 0.15) is 43.2 Å². The van der Waals surface area contributed by atoms with Crippen LogP contribution < -0.4 is 11.1 Å². The highest BCUT2D eigenvalue weighted by Crippen LogP contribution is 2.47. The van der Waals surface area contributed by atoms with E-state index in [2.05, 4.69) is 10.2 Å². The Morgan fingerprint density at radius 2 is 1.84 bits per heavy atom. The first-order chi connectivity index (χ1) is 15.3. The van der Waals surface area contributed by atoms with Crippen LogP contribution in [0.4, 0.5) is 14.5 Å². The average molecular weight is 444 g/mol. The summed E-state index contributed by atoms with van der Waals surface area (Å²) in [6.45, 7) is 2.38. The number of amides is 1. The molecular weight excluding hydrogens is 412 g/mol. The number of rotatable bonds is 6. The SMILES string of the molecule is Nc1cccc(CN2CCC(NC(=O)C(O)(c3ccccc3)[C@@H]3CCC(F)(F)C3)CC2)c1. The molecule has 5 nitrogen and oxygen atoms in total. The van der Waals surface area contributed by atoms with Crippen molar-refractivity contribution in [1.29, 1.82) is 0 Å². The summed E-state index contributed by atoms with van der Waals surface area (Å²) in [5, 5.41) is 14.5. The molecule has 2 aliphatic rings. The molecule has 0 aromatic heterocycles. The molecule has 1 heterocycles. The van der Waals surface area contributed by atoms with Crippen LogP contribution in [-0.2, 0) is 16.9 Å². The standard InChI is InChI=1S/C25H31F2N3O2/c26-24(27)12-9-20(16-24)25(32,19-6-2-1-3-7-19)23(31)29-22-10-13-30(14-11-22)17-18-5-4-8-21(28)15-18/h1-8,15,20,22,32H,9-14,16-17,28H2,(H,29,31)/t20-,25?/m1/s1. The Hall–Kier alpha value is -2.51. The molecular formula is C25H31F2N3O2. The van der Waals surface area contributed by atoms with Crippen molar-refractivity contribution in [2.45, 2.75) is 56.2 Å². The second kappa shape index (κ2) is 9.16. The molecule has 2 aromatic carbocycles. The largest absolute Gasteiger partial charge is 0.399 e. The van der Waals surface area contributed by atoms with E-state index in [0.717, 1.165) is 43.7 Å². The van der Waals surface area contributed by atoms with Crippen LogP contribution in [-0.4, -0.2) is 41.0 Å². The van der Waals surface area contributed by atoms with Gasteiger partial charge in [0.05, 0.1) is 0 Å². The predicted molar refractivity (Wildman–Crippen MR) is 120 cm³/mol. The fourth-order valence-electron chi connectivity index (χ4n) is 5.03. The van der Waals surface area contributed by atoms with Gasteiger partial charge in [-0.15, -0.1) is 0 Å². The number of nitrogens with one attached hydrogen (secondary N) is 1. The van der Waals surface area contributed by atoms with Crippen LogP contribution in [0.25, 0.3) is 0 Å². The van der Waals surface area contributed by atoms with Gasteiger partial charge in [-0.1, -0.05) is 42.5 Å². The van der Waals surface area contributed by atoms with Crippen molar-refractivity contribution in [3.05, 3.63) is 65.7 Å². The lowest BCUT2D eigenvalue weighted by molar-refractivity contribution is -0.149. The molecule has 2 atom stereocenters. The Balaban J connectivity index is 1.41. The number of aliphatic hydroxyl groups is 1. The second-order valence-corrected chi connectivity index (χ2v) is 9.20. The minimum Gasteiger partial charge on any atom is -0.399 e. The molecule has 172 valence electrons. The maximum atomic E-state index is 14.0. The summed E-state index contributed by atoms with van der Waals surface area (Å²) >= 11 is 0. The smallest absolute Gasteiger partial charge is 0.257 e. The molecule has 0 bridgehead atoms. The summed E-state index contributed by atoms with van der Waals surface area (Å²) in [5.41, 5.74) is 6.16. The van der Waals surface area contributed by atoms with E-state index in [1.165, 1.54) is 0 Å². The number of anilines is 1. The van der Waals surface area contributed by atoms with Gasteiger partial charge in [-0.2, -0.15) is 0 Å². The lowest BCUT2D eigenvalue weighted by atomic mass is 9.79. The number of piperidine rings is 1. The molecule has 1 saturated heterocycles. The molecule has 1 unspecified atom stereocenters. The van der Waals surface area contributed by atoms with E-state index in [1.54, 1.807) is 30.3 Å². The van der Waals surface area contributed by atoms with Gasteiger partial charge < -0.3 is 16.2 Å². The summed E-state index contributed by atoms with van der Waals surface area (Å²) < 4.78 is 27.9. The lowest BCUT2D eigenvalue weighted by Gasteiger charge is -2.37. The number of carbonyl (C=O) groups excluding carboxylic acids is 1. The van der Waals surface area contributed by atoms with Gasteiger partial charge in [-0.3, -0.25) is 9.69 Å². The molecule has 1 aliphatic heterocycles. The maximum absolute atomic E-state index is 14.0. The highest BCUT2D eigenvalue weighted by Gasteiger charge is 2.53. The van der Waals surface area contributed by atoms with Gasteiger partial charge in [-0.05, 0) is 42.5 Å². The Morgan fingerprint density at radius 3 is 2.47 bits per heavy atom. The third-order valence-corrected chi connectivity index (χ3v) is 6.83. The topological polar surface area (TPSA) is 78.6 Å². The van der Waals surface area contributed by atoms with E-state index >= 15 is 0 Å². The van der Waals surface area contributed by atoms with Crippen LogP contribution in [0.15, 0.2) is 54.6 Å². The molecule has 1 aliphatic carbocycles. The monoisotopic (exact) mass is 443 g/mol. The number of hydrogen-bond acceptors (Lipinski definition) is 4. The minimum absolute atomic E-state index is 0.100. The van der Waals surface area contributed by atoms with Gasteiger partial charge in [0, 0.05) is 50.1 Å². The van der Waals surface area contributed by atoms with Gasteiger partial charge in [0.15, 0.2) is 5.60 Å². The first-order valence-electron chi connectivity index (χ1n) is 11.3. The molecule has 32 heavy (non-hydrogen) atoms. The van der Waals surface area contributed by atoms with Gasteiger partial charge in [-0.25, -0.2) is 8.78 Å². The number of alkyl halides is 2. The highest BCUT2D eigenvalue weighted by atomic mass is 19.3. The summed E-state index contributed by atoms with van der Waals surface area (Å²) in [5.74, 6) is -4.23. The molecule has 1 saturated carbocycles. The van der Waals surface area contributed by atoms with Crippen molar-refractivity contribution in [2.24, 2.45) is 5.92 Å². The number of halogens is 2. The molecule has 2 aromatic rings. The van der Waals surface area contributed by atoms with Crippen LogP contribution in [0.5, 0.6) is 0 Å². The highest BCUT2D eigenvalue weighted by molar-refractivity contribution is 5.87. The van der Waals surface area contributed by atoms with Gasteiger partial charge in [0.25, 0.3) is 5.91 Å². The Labute approximate surface area is 187 Å². The van der Waals surface area contributed by atoms with E-state index in [4.69, 9.17) is 5.73 Å². The predicted octanol–water partition coefficient (Wildman–Crippen LogP) is 3.67. The summed E-state index contributed by atoms with van der Waals surface area (Å²) in [6.07, 6.45) is 0.802. The Bertz CT molecular complexity index is 932. The summed E-state index contributed by atoms with van der Waals surface area (Å²) in [6, 6.07) is 16.2. The zero-order valence-electron chi connectivity index (χ0n) is 18.1. The maximum Gasteiger partial charge on any atom is 0.257 e. The quantitative estimate of drug-likeness (QED) is 0.596. The van der Waals surface area contributed by atoms with Gasteiger partial charge in [0.2, 0.25) is 5.92 Å². The van der Waals surface area contributed by atoms with Crippen molar-refractivity contribution >= 4 is 11.6 Å². The van der Waals surface area contributed by atoms with E-state index in [1.807, 2.05) is 24.3 Å². The van der Waals surface area contributed by atoms with Gasteiger partial charge >= 0.3 is 0 Å². The van der Waals surface area contributed by atoms with E-state index in [0.29, 0.717) is 5.56 Å². The number of nitrogens with two attached hydrogens (primary N) is 1. The van der Waals surface area contributed by atoms with Crippen molar-refractivity contribution in [3.8, 4) is 0 Å². The van der Waals surface area contributed by atoms with Crippen LogP contribution in [0.3, 0.4) is 0 Å². The van der Waals surface area contributed by atoms with Crippen molar-refractivity contribution < 1.29 is 18.7 Å². The number of benzene rings is 2. The van der Waals surface area contributed by atoms with Gasteiger partial charge in [0.1, 0.15) is 0 Å². The Kier molecular flexibility index (Phi) is 6.49. The van der Waals surface area contributed by atoms with E-state index < -0.39 is 29.8 Å². The summed E-state index contributed by atoms with van der Waals surface area (Å²) in [7, 11) is 0. The third-order valence-electron chi connectivity index (χ3n) is 6.83. The average Bonchev–Trinajstić information content (AvgIpc) is 3.15. The second-order valence-electron chi connectivity index (χ2n) is 9.20. The minimum atomic E-state index is -2.85. The number of nitrogens with zero attached hydrogens (tertiary/aromatic N) is 1. The van der Waals surface area contributed by atoms with Crippen molar-refractivity contribution in [3.63, 3.8) is 0 Å². The molecule has 4 rings (SSSR count). The molecule has 7 heteroatoms. The zero-order valence-corrected chi connectivity index (χ0v) is 18.1. The lowest BCUT2D eigenvalue weighted by Crippen LogP contribution is -2.54. The molecule has 2 fully saturated rings. The van der Waals surface area contributed by atoms with Crippen molar-refractivity contribution in [1.82, 2.24) is 10.2 Å². The number of likely N-dealkylation sites (tertiary alicyclic amines) is 1. The number of nitrogen functional groups attached to an aromatic ring is 1. The number of hydrogen-bond donors (Lipinski definition) is 3. The normalized spacial score (nSPS) is 23.5. The number of carbonyl (C=O) groups is 1. The molecule has 0 spiro atoms. The molecule has 1 amide bonds. The Morgan fingerprint density at radius 1 is 1.12 bits per heavy atom. The fraction of sp³-hybridized carbons (Fsp3) is 0.480.